The van der Waals surface area contributed by atoms with Gasteiger partial charge < -0.3 is 11.1 Å². The lowest BCUT2D eigenvalue weighted by atomic mass is 10.3. The number of aromatic nitrogens is 1. The lowest BCUT2D eigenvalue weighted by molar-refractivity contribution is -0.384. The Bertz CT molecular complexity index is 669. The van der Waals surface area contributed by atoms with Gasteiger partial charge in [-0.25, -0.2) is 4.98 Å². The van der Waals surface area contributed by atoms with Crippen LogP contribution in [-0.4, -0.2) is 15.7 Å². The molecule has 0 unspecified atom stereocenters. The van der Waals surface area contributed by atoms with Crippen LogP contribution in [-0.2, 0) is 0 Å². The number of alkyl halides is 2. The fourth-order valence-electron chi connectivity index (χ4n) is 1.61. The van der Waals surface area contributed by atoms with Gasteiger partial charge in [-0.2, -0.15) is 8.78 Å². The Labute approximate surface area is 122 Å². The number of anilines is 3. The van der Waals surface area contributed by atoms with Crippen LogP contribution in [0.15, 0.2) is 41.3 Å². The molecule has 21 heavy (non-hydrogen) atoms. The van der Waals surface area contributed by atoms with Crippen molar-refractivity contribution >= 4 is 34.8 Å². The van der Waals surface area contributed by atoms with Gasteiger partial charge in [0.15, 0.2) is 0 Å². The van der Waals surface area contributed by atoms with Crippen LogP contribution in [0.25, 0.3) is 0 Å². The van der Waals surface area contributed by atoms with Gasteiger partial charge in [0.1, 0.15) is 11.6 Å². The maximum Gasteiger partial charge on any atom is 0.288 e. The molecule has 0 saturated heterocycles. The smallest absolute Gasteiger partial charge is 0.288 e. The predicted octanol–water partition coefficient (Wildman–Crippen LogP) is 3.63. The highest BCUT2D eigenvalue weighted by Gasteiger charge is 2.13. The minimum Gasteiger partial charge on any atom is -0.383 e. The second-order valence-electron chi connectivity index (χ2n) is 3.89. The number of para-hydroxylation sites is 1. The van der Waals surface area contributed by atoms with E-state index in [4.69, 9.17) is 5.73 Å². The minimum atomic E-state index is -2.57. The Balaban J connectivity index is 2.32. The normalized spacial score (nSPS) is 10.6. The fraction of sp³-hybridized carbons (Fsp3) is 0.0833. The maximum absolute atomic E-state index is 12.5. The first-order chi connectivity index (χ1) is 9.95. The van der Waals surface area contributed by atoms with Crippen LogP contribution in [0.5, 0.6) is 0 Å². The summed E-state index contributed by atoms with van der Waals surface area (Å²) in [6.45, 7) is 0. The van der Waals surface area contributed by atoms with Crippen LogP contribution in [0.1, 0.15) is 0 Å². The summed E-state index contributed by atoms with van der Waals surface area (Å²) in [5.74, 6) is -2.49. The Hall–Kier alpha value is -2.42. The van der Waals surface area contributed by atoms with Gasteiger partial charge in [0.2, 0.25) is 0 Å². The van der Waals surface area contributed by atoms with Crippen LogP contribution in [0.2, 0.25) is 0 Å². The summed E-state index contributed by atoms with van der Waals surface area (Å²) < 4.78 is 25.0. The summed E-state index contributed by atoms with van der Waals surface area (Å²) in [4.78, 5) is 14.4. The largest absolute Gasteiger partial charge is 0.383 e. The summed E-state index contributed by atoms with van der Waals surface area (Å²) >= 11 is 0.370. The molecule has 2 rings (SSSR count). The van der Waals surface area contributed by atoms with Gasteiger partial charge >= 0.3 is 0 Å². The summed E-state index contributed by atoms with van der Waals surface area (Å²) in [6.07, 6.45) is 0. The number of nitro groups is 1. The van der Waals surface area contributed by atoms with Gasteiger partial charge in [-0.15, -0.1) is 0 Å². The molecule has 0 saturated carbocycles. The van der Waals surface area contributed by atoms with Gasteiger partial charge in [-0.1, -0.05) is 23.9 Å². The number of thioether (sulfide) groups is 1. The van der Waals surface area contributed by atoms with Crippen LogP contribution in [0.4, 0.5) is 31.8 Å². The van der Waals surface area contributed by atoms with Crippen LogP contribution in [0, 0.1) is 10.1 Å². The highest BCUT2D eigenvalue weighted by molar-refractivity contribution is 7.99. The molecule has 0 amide bonds. The van der Waals surface area contributed by atoms with E-state index in [9.17, 15) is 18.9 Å². The summed E-state index contributed by atoms with van der Waals surface area (Å²) in [6, 6.07) is 8.65. The lowest BCUT2D eigenvalue weighted by Gasteiger charge is -2.11. The Morgan fingerprint density at radius 3 is 2.71 bits per heavy atom. The molecule has 0 spiro atoms. The molecule has 1 aromatic carbocycles. The first kappa shape index (κ1) is 15.0. The van der Waals surface area contributed by atoms with E-state index < -0.39 is 10.7 Å². The summed E-state index contributed by atoms with van der Waals surface area (Å²) in [5, 5.41) is 13.5. The van der Waals surface area contributed by atoms with Crippen LogP contribution < -0.4 is 11.1 Å². The quantitative estimate of drug-likeness (QED) is 0.497. The van der Waals surface area contributed by atoms with E-state index in [1.165, 1.54) is 12.1 Å². The first-order valence-electron chi connectivity index (χ1n) is 5.68. The van der Waals surface area contributed by atoms with Gasteiger partial charge in [-0.3, -0.25) is 10.1 Å². The van der Waals surface area contributed by atoms with Crippen molar-refractivity contribution in [3.8, 4) is 0 Å². The van der Waals surface area contributed by atoms with Crippen molar-refractivity contribution in [2.24, 2.45) is 0 Å². The second kappa shape index (κ2) is 6.35. The van der Waals surface area contributed by atoms with Gasteiger partial charge in [0, 0.05) is 4.90 Å². The molecule has 0 aliphatic carbocycles. The molecule has 1 heterocycles. The van der Waals surface area contributed by atoms with Crippen molar-refractivity contribution in [1.29, 1.82) is 0 Å². The van der Waals surface area contributed by atoms with Crippen molar-refractivity contribution in [1.82, 2.24) is 4.98 Å². The molecular formula is C12H10F2N4O2S. The zero-order chi connectivity index (χ0) is 15.4. The number of nitrogens with two attached hydrogens (primary N) is 1. The van der Waals surface area contributed by atoms with Crippen LogP contribution in [0.3, 0.4) is 0 Å². The summed E-state index contributed by atoms with van der Waals surface area (Å²) in [5.41, 5.74) is 5.63. The van der Waals surface area contributed by atoms with E-state index in [1.807, 2.05) is 0 Å². The minimum absolute atomic E-state index is 0.0364. The number of nitrogens with zero attached hydrogens (tertiary/aromatic N) is 2. The molecular weight excluding hydrogens is 302 g/mol. The standard InChI is InChI=1S/C12H10F2N4O2S/c13-12(14)21-9-4-2-1-3-8(9)16-11-6-7(18(19)20)5-10(15)17-11/h1-6,12H,(H3,15,16,17). The predicted molar refractivity (Wildman–Crippen MR) is 76.9 cm³/mol. The third-order valence-corrected chi connectivity index (χ3v) is 3.19. The molecule has 110 valence electrons. The number of nitrogen functional groups attached to an aromatic ring is 1. The maximum atomic E-state index is 12.5. The highest BCUT2D eigenvalue weighted by atomic mass is 32.2. The first-order valence-corrected chi connectivity index (χ1v) is 6.56. The molecule has 0 aliphatic heterocycles. The Morgan fingerprint density at radius 2 is 2.05 bits per heavy atom. The van der Waals surface area contributed by atoms with Gasteiger partial charge in [-0.05, 0) is 12.1 Å². The lowest BCUT2D eigenvalue weighted by Crippen LogP contribution is -2.01. The molecule has 1 aromatic heterocycles. The second-order valence-corrected chi connectivity index (χ2v) is 4.92. The van der Waals surface area contributed by atoms with E-state index in [-0.39, 0.29) is 17.3 Å². The van der Waals surface area contributed by atoms with Gasteiger partial charge in [0.25, 0.3) is 11.4 Å². The average Bonchev–Trinajstić information content (AvgIpc) is 2.39. The van der Waals surface area contributed by atoms with E-state index in [0.29, 0.717) is 22.3 Å². The molecule has 0 atom stereocenters. The van der Waals surface area contributed by atoms with E-state index in [0.717, 1.165) is 6.07 Å². The topological polar surface area (TPSA) is 94.1 Å². The SMILES string of the molecule is Nc1cc([N+](=O)[O-])cc(Nc2ccccc2SC(F)F)n1. The van der Waals surface area contributed by atoms with Crippen molar-refractivity contribution in [2.75, 3.05) is 11.1 Å². The number of nitrogens with one attached hydrogen (secondary N) is 1. The zero-order valence-electron chi connectivity index (χ0n) is 10.5. The molecule has 3 N–H and O–H groups in total. The van der Waals surface area contributed by atoms with Crippen molar-refractivity contribution < 1.29 is 13.7 Å². The third kappa shape index (κ3) is 4.02. The third-order valence-electron chi connectivity index (χ3n) is 2.41. The molecule has 2 aromatic rings. The number of hydrogen-bond donors (Lipinski definition) is 2. The molecule has 0 bridgehead atoms. The monoisotopic (exact) mass is 312 g/mol. The van der Waals surface area contributed by atoms with Crippen molar-refractivity contribution in [2.45, 2.75) is 10.7 Å². The number of pyridine rings is 1. The Kier molecular flexibility index (Phi) is 4.53. The molecule has 0 fully saturated rings. The van der Waals surface area contributed by atoms with E-state index >= 15 is 0 Å². The molecule has 9 heteroatoms. The van der Waals surface area contributed by atoms with Crippen LogP contribution >= 0.6 is 11.8 Å². The summed E-state index contributed by atoms with van der Waals surface area (Å²) in [7, 11) is 0. The molecule has 6 nitrogen and oxygen atoms in total. The molecule has 0 aliphatic rings. The number of benzene rings is 1. The van der Waals surface area contributed by atoms with E-state index in [1.54, 1.807) is 18.2 Å². The Morgan fingerprint density at radius 1 is 1.33 bits per heavy atom. The highest BCUT2D eigenvalue weighted by Crippen LogP contribution is 2.33. The van der Waals surface area contributed by atoms with Crippen molar-refractivity contribution in [3.63, 3.8) is 0 Å². The number of hydrogen-bond acceptors (Lipinski definition) is 6. The van der Waals surface area contributed by atoms with Gasteiger partial charge in [0.05, 0.1) is 22.7 Å². The average molecular weight is 312 g/mol. The van der Waals surface area contributed by atoms with Crippen molar-refractivity contribution in [3.05, 3.63) is 46.5 Å². The number of rotatable bonds is 5. The molecule has 0 radical (unpaired) electrons. The van der Waals surface area contributed by atoms with E-state index in [2.05, 4.69) is 10.3 Å². The zero-order valence-corrected chi connectivity index (χ0v) is 11.3. The fourth-order valence-corrected chi connectivity index (χ4v) is 2.21. The number of halogens is 2.